The predicted molar refractivity (Wildman–Crippen MR) is 121 cm³/mol. The molecular formula is C26H22N2O3. The van der Waals surface area contributed by atoms with Crippen molar-refractivity contribution in [1.82, 2.24) is 4.98 Å². The fraction of sp³-hybridized carbons (Fsp3) is 0.0769. The number of amides is 1. The number of hydrogen-bond donors (Lipinski definition) is 3. The Hall–Kier alpha value is -4.12. The van der Waals surface area contributed by atoms with Crippen LogP contribution in [-0.2, 0) is 6.42 Å². The van der Waals surface area contributed by atoms with Crippen molar-refractivity contribution >= 4 is 11.8 Å². The second kappa shape index (κ2) is 9.13. The van der Waals surface area contributed by atoms with E-state index in [0.29, 0.717) is 5.69 Å². The summed E-state index contributed by atoms with van der Waals surface area (Å²) in [6.45, 7) is 0. The van der Waals surface area contributed by atoms with Crippen LogP contribution in [0.25, 0.3) is 11.1 Å². The van der Waals surface area contributed by atoms with Gasteiger partial charge in [0.15, 0.2) is 0 Å². The van der Waals surface area contributed by atoms with Crippen LogP contribution >= 0.6 is 0 Å². The first-order valence-electron chi connectivity index (χ1n) is 9.98. The molecule has 1 heterocycles. The zero-order valence-electron chi connectivity index (χ0n) is 16.8. The Morgan fingerprint density at radius 3 is 2.32 bits per heavy atom. The Labute approximate surface area is 180 Å². The van der Waals surface area contributed by atoms with Crippen LogP contribution in [0.5, 0.6) is 5.75 Å². The van der Waals surface area contributed by atoms with E-state index in [1.165, 1.54) is 11.8 Å². The molecule has 1 atom stereocenters. The number of pyridine rings is 1. The van der Waals surface area contributed by atoms with Crippen molar-refractivity contribution in [1.29, 1.82) is 0 Å². The fourth-order valence-corrected chi connectivity index (χ4v) is 3.65. The number of aromatic nitrogens is 1. The second-order valence-electron chi connectivity index (χ2n) is 7.32. The molecule has 4 rings (SSSR count). The van der Waals surface area contributed by atoms with E-state index in [-0.39, 0.29) is 11.7 Å². The molecule has 1 amide bonds. The Kier molecular flexibility index (Phi) is 5.94. The van der Waals surface area contributed by atoms with Crippen LogP contribution in [0.15, 0.2) is 97.2 Å². The van der Waals surface area contributed by atoms with Gasteiger partial charge in [-0.25, -0.2) is 4.79 Å². The number of carboxylic acid groups (broad SMARTS) is 1. The van der Waals surface area contributed by atoms with Gasteiger partial charge in [0.05, 0.1) is 6.20 Å². The molecule has 5 nitrogen and oxygen atoms in total. The lowest BCUT2D eigenvalue weighted by Gasteiger charge is -2.18. The summed E-state index contributed by atoms with van der Waals surface area (Å²) in [6.07, 6.45) is 1.18. The predicted octanol–water partition coefficient (Wildman–Crippen LogP) is 5.92. The van der Waals surface area contributed by atoms with Gasteiger partial charge < -0.3 is 10.2 Å². The molecule has 0 aliphatic rings. The maximum Gasteiger partial charge on any atom is 0.409 e. The maximum atomic E-state index is 10.8. The molecule has 0 bridgehead atoms. The van der Waals surface area contributed by atoms with Gasteiger partial charge >= 0.3 is 6.09 Å². The van der Waals surface area contributed by atoms with E-state index < -0.39 is 6.09 Å². The first-order valence-corrected chi connectivity index (χ1v) is 9.98. The minimum absolute atomic E-state index is 0.0240. The summed E-state index contributed by atoms with van der Waals surface area (Å²) in [5.74, 6) is 0.168. The summed E-state index contributed by atoms with van der Waals surface area (Å²) in [4.78, 5) is 15.3. The van der Waals surface area contributed by atoms with Crippen LogP contribution in [0.1, 0.15) is 22.7 Å². The summed E-state index contributed by atoms with van der Waals surface area (Å²) in [5, 5.41) is 20.9. The van der Waals surface area contributed by atoms with Crippen LogP contribution < -0.4 is 5.32 Å². The van der Waals surface area contributed by atoms with E-state index in [1.54, 1.807) is 18.2 Å². The zero-order valence-corrected chi connectivity index (χ0v) is 16.8. The topological polar surface area (TPSA) is 82.5 Å². The van der Waals surface area contributed by atoms with Crippen LogP contribution in [0.4, 0.5) is 10.5 Å². The Morgan fingerprint density at radius 2 is 1.65 bits per heavy atom. The molecule has 0 fully saturated rings. The summed E-state index contributed by atoms with van der Waals surface area (Å²) >= 11 is 0. The summed E-state index contributed by atoms with van der Waals surface area (Å²) in [7, 11) is 0. The minimum atomic E-state index is -1.08. The monoisotopic (exact) mass is 410 g/mol. The highest BCUT2D eigenvalue weighted by atomic mass is 16.4. The number of anilines is 1. The van der Waals surface area contributed by atoms with E-state index in [2.05, 4.69) is 34.6 Å². The largest absolute Gasteiger partial charge is 0.506 e. The third-order valence-corrected chi connectivity index (χ3v) is 5.17. The summed E-state index contributed by atoms with van der Waals surface area (Å²) in [5.41, 5.74) is 5.78. The standard InChI is InChI=1S/C26H22N2O3/c29-23-13-14-25(27-17-23)24(15-18-5-2-1-3-6-18)21-8-4-7-20(16-21)19-9-11-22(12-10-19)28-26(30)31/h1-14,16-17,24,28-29H,15H2,(H,30,31). The van der Waals surface area contributed by atoms with E-state index in [4.69, 9.17) is 5.11 Å². The quantitative estimate of drug-likeness (QED) is 0.368. The van der Waals surface area contributed by atoms with Crippen molar-refractivity contribution in [2.75, 3.05) is 5.32 Å². The Balaban J connectivity index is 1.68. The maximum absolute atomic E-state index is 10.8. The molecule has 31 heavy (non-hydrogen) atoms. The highest BCUT2D eigenvalue weighted by Crippen LogP contribution is 2.31. The third-order valence-electron chi connectivity index (χ3n) is 5.17. The molecular weight excluding hydrogens is 388 g/mol. The molecule has 5 heteroatoms. The van der Waals surface area contributed by atoms with Gasteiger partial charge in [-0.3, -0.25) is 10.3 Å². The molecule has 0 radical (unpaired) electrons. The van der Waals surface area contributed by atoms with Crippen LogP contribution in [0.3, 0.4) is 0 Å². The van der Waals surface area contributed by atoms with E-state index >= 15 is 0 Å². The molecule has 1 aromatic heterocycles. The molecule has 0 saturated carbocycles. The molecule has 154 valence electrons. The van der Waals surface area contributed by atoms with E-state index in [9.17, 15) is 9.90 Å². The van der Waals surface area contributed by atoms with Crippen molar-refractivity contribution in [3.63, 3.8) is 0 Å². The number of aromatic hydroxyl groups is 1. The fourth-order valence-electron chi connectivity index (χ4n) is 3.65. The first kappa shape index (κ1) is 20.2. The highest BCUT2D eigenvalue weighted by molar-refractivity contribution is 5.83. The zero-order chi connectivity index (χ0) is 21.6. The van der Waals surface area contributed by atoms with Crippen molar-refractivity contribution in [3.8, 4) is 16.9 Å². The normalized spacial score (nSPS) is 11.6. The molecule has 0 aliphatic heterocycles. The molecule has 0 spiro atoms. The molecule has 3 N–H and O–H groups in total. The van der Waals surface area contributed by atoms with Gasteiger partial charge in [0.25, 0.3) is 0 Å². The van der Waals surface area contributed by atoms with Gasteiger partial charge in [-0.2, -0.15) is 0 Å². The summed E-state index contributed by atoms with van der Waals surface area (Å²) < 4.78 is 0. The average Bonchev–Trinajstić information content (AvgIpc) is 2.79. The smallest absolute Gasteiger partial charge is 0.409 e. The van der Waals surface area contributed by atoms with Gasteiger partial charge in [-0.05, 0) is 52.9 Å². The number of benzene rings is 3. The Morgan fingerprint density at radius 1 is 0.871 bits per heavy atom. The van der Waals surface area contributed by atoms with Gasteiger partial charge in [0.1, 0.15) is 5.75 Å². The summed E-state index contributed by atoms with van der Waals surface area (Å²) in [6, 6.07) is 29.4. The van der Waals surface area contributed by atoms with Crippen LogP contribution in [0.2, 0.25) is 0 Å². The number of rotatable bonds is 6. The van der Waals surface area contributed by atoms with Crippen molar-refractivity contribution in [3.05, 3.63) is 114 Å². The molecule has 3 aromatic carbocycles. The van der Waals surface area contributed by atoms with Gasteiger partial charge in [0, 0.05) is 17.3 Å². The molecule has 0 aliphatic carbocycles. The second-order valence-corrected chi connectivity index (χ2v) is 7.32. The molecule has 1 unspecified atom stereocenters. The average molecular weight is 410 g/mol. The lowest BCUT2D eigenvalue weighted by molar-refractivity contribution is 0.209. The van der Waals surface area contributed by atoms with Gasteiger partial charge in [-0.15, -0.1) is 0 Å². The Bertz CT molecular complexity index is 1160. The van der Waals surface area contributed by atoms with Gasteiger partial charge in [-0.1, -0.05) is 66.7 Å². The number of nitrogens with one attached hydrogen (secondary N) is 1. The lowest BCUT2D eigenvalue weighted by atomic mass is 9.87. The number of nitrogens with zero attached hydrogens (tertiary/aromatic N) is 1. The highest BCUT2D eigenvalue weighted by Gasteiger charge is 2.17. The van der Waals surface area contributed by atoms with Gasteiger partial charge in [0.2, 0.25) is 0 Å². The van der Waals surface area contributed by atoms with Crippen molar-refractivity contribution in [2.45, 2.75) is 12.3 Å². The van der Waals surface area contributed by atoms with Crippen LogP contribution in [-0.4, -0.2) is 21.3 Å². The third kappa shape index (κ3) is 5.08. The van der Waals surface area contributed by atoms with E-state index in [0.717, 1.165) is 28.8 Å². The number of hydrogen-bond acceptors (Lipinski definition) is 3. The first-order chi connectivity index (χ1) is 15.1. The van der Waals surface area contributed by atoms with Crippen molar-refractivity contribution < 1.29 is 15.0 Å². The van der Waals surface area contributed by atoms with Crippen molar-refractivity contribution in [2.24, 2.45) is 0 Å². The molecule has 4 aromatic rings. The van der Waals surface area contributed by atoms with E-state index in [1.807, 2.05) is 48.5 Å². The minimum Gasteiger partial charge on any atom is -0.506 e. The molecule has 0 saturated heterocycles. The number of carbonyl (C=O) groups is 1. The SMILES string of the molecule is O=C(O)Nc1ccc(-c2cccc(C(Cc3ccccc3)c3ccc(O)cn3)c2)cc1. The lowest BCUT2D eigenvalue weighted by Crippen LogP contribution is -2.07. The van der Waals surface area contributed by atoms with Crippen LogP contribution in [0, 0.1) is 0 Å².